The summed E-state index contributed by atoms with van der Waals surface area (Å²) in [4.78, 5) is 12.2. The fourth-order valence-electron chi connectivity index (χ4n) is 2.93. The smallest absolute Gasteiger partial charge is 0.319 e. The van der Waals surface area contributed by atoms with Crippen LogP contribution in [-0.4, -0.2) is 22.3 Å². The molecule has 0 fully saturated rings. The third kappa shape index (κ3) is 4.34. The molecule has 1 aromatic carbocycles. The molecule has 3 N–H and O–H groups in total. The largest absolute Gasteiger partial charge is 0.335 e. The number of aryl methyl sites for hydroxylation is 2. The van der Waals surface area contributed by atoms with Gasteiger partial charge in [-0.25, -0.2) is 4.79 Å². The maximum absolute atomic E-state index is 12.2. The van der Waals surface area contributed by atoms with Gasteiger partial charge in [0.1, 0.15) is 0 Å². The number of benzene rings is 1. The molecule has 0 bridgehead atoms. The summed E-state index contributed by atoms with van der Waals surface area (Å²) in [7, 11) is 0. The maximum Gasteiger partial charge on any atom is 0.319 e. The summed E-state index contributed by atoms with van der Waals surface area (Å²) in [5.74, 6) is 0. The molecule has 1 aromatic heterocycles. The summed E-state index contributed by atoms with van der Waals surface area (Å²) in [6.45, 7) is 10.2. The first-order valence-corrected chi connectivity index (χ1v) is 7.94. The molecule has 1 unspecified atom stereocenters. The summed E-state index contributed by atoms with van der Waals surface area (Å²) in [5, 5.41) is 12.8. The predicted molar refractivity (Wildman–Crippen MR) is 93.8 cm³/mol. The Kier molecular flexibility index (Phi) is 5.08. The van der Waals surface area contributed by atoms with Gasteiger partial charge in [-0.1, -0.05) is 44.2 Å². The zero-order valence-corrected chi connectivity index (χ0v) is 14.5. The molecule has 2 rings (SSSR count). The average Bonchev–Trinajstić information content (AvgIpc) is 2.79. The Morgan fingerprint density at radius 1 is 1.26 bits per heavy atom. The highest BCUT2D eigenvalue weighted by atomic mass is 16.2. The number of anilines is 1. The van der Waals surface area contributed by atoms with Crippen LogP contribution in [-0.2, 0) is 5.41 Å². The lowest BCUT2D eigenvalue weighted by molar-refractivity contribution is 0.246. The van der Waals surface area contributed by atoms with Crippen molar-refractivity contribution in [2.45, 2.75) is 52.5 Å². The van der Waals surface area contributed by atoms with E-state index in [0.29, 0.717) is 0 Å². The number of H-pyrrole nitrogens is 1. The molecule has 124 valence electrons. The van der Waals surface area contributed by atoms with Gasteiger partial charge in [-0.3, -0.25) is 5.10 Å². The van der Waals surface area contributed by atoms with Gasteiger partial charge in [0.2, 0.25) is 0 Å². The Hall–Kier alpha value is -2.30. The minimum absolute atomic E-state index is 0.00453. The van der Waals surface area contributed by atoms with Crippen LogP contribution in [0.15, 0.2) is 30.3 Å². The van der Waals surface area contributed by atoms with Crippen molar-refractivity contribution in [2.75, 3.05) is 5.32 Å². The van der Waals surface area contributed by atoms with Gasteiger partial charge < -0.3 is 10.6 Å². The summed E-state index contributed by atoms with van der Waals surface area (Å²) in [6, 6.07) is 10.2. The van der Waals surface area contributed by atoms with E-state index in [1.807, 2.05) is 39.0 Å². The number of aromatic nitrogens is 2. The zero-order chi connectivity index (χ0) is 17.0. The predicted octanol–water partition coefficient (Wildman–Crippen LogP) is 3.90. The molecule has 1 heterocycles. The van der Waals surface area contributed by atoms with Gasteiger partial charge in [-0.05, 0) is 38.2 Å². The Bertz CT molecular complexity index is 641. The van der Waals surface area contributed by atoms with E-state index in [2.05, 4.69) is 46.8 Å². The summed E-state index contributed by atoms with van der Waals surface area (Å²) in [6.07, 6.45) is 0.855. The van der Waals surface area contributed by atoms with Crippen LogP contribution >= 0.6 is 0 Å². The van der Waals surface area contributed by atoms with E-state index in [0.717, 1.165) is 23.5 Å². The molecule has 1 atom stereocenters. The van der Waals surface area contributed by atoms with Crippen LogP contribution in [0.25, 0.3) is 0 Å². The Morgan fingerprint density at radius 3 is 2.48 bits per heavy atom. The molecule has 0 radical (unpaired) electrons. The summed E-state index contributed by atoms with van der Waals surface area (Å²) in [5.41, 5.74) is 3.66. The number of aromatic amines is 1. The molecule has 5 nitrogen and oxygen atoms in total. The molecular weight excluding hydrogens is 288 g/mol. The molecule has 2 aromatic rings. The lowest BCUT2D eigenvalue weighted by Gasteiger charge is -2.29. The minimum Gasteiger partial charge on any atom is -0.335 e. The van der Waals surface area contributed by atoms with Gasteiger partial charge in [0.15, 0.2) is 0 Å². The van der Waals surface area contributed by atoms with Crippen LogP contribution in [0, 0.1) is 13.8 Å². The van der Waals surface area contributed by atoms with Crippen molar-refractivity contribution in [3.05, 3.63) is 47.3 Å². The highest BCUT2D eigenvalue weighted by molar-refractivity contribution is 5.90. The van der Waals surface area contributed by atoms with Crippen LogP contribution in [0.1, 0.15) is 44.1 Å². The van der Waals surface area contributed by atoms with Crippen molar-refractivity contribution in [1.82, 2.24) is 15.5 Å². The molecule has 2 amide bonds. The molecule has 0 aliphatic heterocycles. The maximum atomic E-state index is 12.2. The van der Waals surface area contributed by atoms with Gasteiger partial charge >= 0.3 is 6.03 Å². The SMILES string of the molecule is Cc1n[nH]c(C)c1NC(=O)NC(C)CC(C)(C)c1ccccc1. The van der Waals surface area contributed by atoms with Crippen molar-refractivity contribution in [1.29, 1.82) is 0 Å². The van der Waals surface area contributed by atoms with E-state index in [1.165, 1.54) is 5.56 Å². The van der Waals surface area contributed by atoms with E-state index in [4.69, 9.17) is 0 Å². The number of carbonyl (C=O) groups is 1. The van der Waals surface area contributed by atoms with Crippen LogP contribution < -0.4 is 10.6 Å². The van der Waals surface area contributed by atoms with Crippen LogP contribution in [0.3, 0.4) is 0 Å². The minimum atomic E-state index is -0.200. The Morgan fingerprint density at radius 2 is 1.91 bits per heavy atom. The monoisotopic (exact) mass is 314 g/mol. The third-order valence-corrected chi connectivity index (χ3v) is 4.12. The third-order valence-electron chi connectivity index (χ3n) is 4.12. The first-order chi connectivity index (χ1) is 10.8. The van der Waals surface area contributed by atoms with E-state index >= 15 is 0 Å². The number of amides is 2. The zero-order valence-electron chi connectivity index (χ0n) is 14.5. The van der Waals surface area contributed by atoms with Crippen LogP contribution in [0.4, 0.5) is 10.5 Å². The number of hydrogen-bond acceptors (Lipinski definition) is 2. The number of carbonyl (C=O) groups excluding carboxylic acids is 1. The van der Waals surface area contributed by atoms with E-state index in [9.17, 15) is 4.79 Å². The first-order valence-electron chi connectivity index (χ1n) is 7.94. The van der Waals surface area contributed by atoms with E-state index in [-0.39, 0.29) is 17.5 Å². The Balaban J connectivity index is 1.94. The van der Waals surface area contributed by atoms with Crippen LogP contribution in [0.2, 0.25) is 0 Å². The fraction of sp³-hybridized carbons (Fsp3) is 0.444. The molecule has 23 heavy (non-hydrogen) atoms. The highest BCUT2D eigenvalue weighted by Gasteiger charge is 2.24. The van der Waals surface area contributed by atoms with Crippen LogP contribution in [0.5, 0.6) is 0 Å². The van der Waals surface area contributed by atoms with Gasteiger partial charge in [0.05, 0.1) is 17.1 Å². The lowest BCUT2D eigenvalue weighted by atomic mass is 9.79. The number of nitrogens with one attached hydrogen (secondary N) is 3. The van der Waals surface area contributed by atoms with Gasteiger partial charge in [-0.2, -0.15) is 5.10 Å². The van der Waals surface area contributed by atoms with Gasteiger partial charge in [-0.15, -0.1) is 0 Å². The van der Waals surface area contributed by atoms with Crippen molar-refractivity contribution in [3.8, 4) is 0 Å². The molecule has 0 spiro atoms. The lowest BCUT2D eigenvalue weighted by Crippen LogP contribution is -2.39. The second-order valence-electron chi connectivity index (χ2n) is 6.76. The van der Waals surface area contributed by atoms with E-state index in [1.54, 1.807) is 0 Å². The molecule has 0 saturated carbocycles. The summed E-state index contributed by atoms with van der Waals surface area (Å²) < 4.78 is 0. The van der Waals surface area contributed by atoms with Gasteiger partial charge in [0, 0.05) is 6.04 Å². The standard InChI is InChI=1S/C18H26N4O/c1-12(11-18(4,5)15-9-7-6-8-10-15)19-17(23)20-16-13(2)21-22-14(16)3/h6-10,12H,11H2,1-5H3,(H,21,22)(H2,19,20,23). The molecule has 0 saturated heterocycles. The Labute approximate surface area is 137 Å². The normalized spacial score (nSPS) is 12.7. The number of urea groups is 1. The molecule has 5 heteroatoms. The average molecular weight is 314 g/mol. The van der Waals surface area contributed by atoms with Gasteiger partial charge in [0.25, 0.3) is 0 Å². The molecular formula is C18H26N4O. The van der Waals surface area contributed by atoms with Crippen molar-refractivity contribution >= 4 is 11.7 Å². The van der Waals surface area contributed by atoms with E-state index < -0.39 is 0 Å². The fourth-order valence-corrected chi connectivity index (χ4v) is 2.93. The number of hydrogen-bond donors (Lipinski definition) is 3. The van der Waals surface area contributed by atoms with Crippen molar-refractivity contribution in [2.24, 2.45) is 0 Å². The second kappa shape index (κ2) is 6.86. The second-order valence-corrected chi connectivity index (χ2v) is 6.76. The van der Waals surface area contributed by atoms with Crippen molar-refractivity contribution < 1.29 is 4.79 Å². The highest BCUT2D eigenvalue weighted by Crippen LogP contribution is 2.28. The summed E-state index contributed by atoms with van der Waals surface area (Å²) >= 11 is 0. The number of rotatable bonds is 5. The quantitative estimate of drug-likeness (QED) is 0.783. The molecule has 0 aliphatic carbocycles. The molecule has 0 aliphatic rings. The first kappa shape index (κ1) is 17.1. The topological polar surface area (TPSA) is 69.8 Å². The number of nitrogens with zero attached hydrogens (tertiary/aromatic N) is 1. The van der Waals surface area contributed by atoms with Crippen molar-refractivity contribution in [3.63, 3.8) is 0 Å².